The van der Waals surface area contributed by atoms with Gasteiger partial charge in [0.15, 0.2) is 11.5 Å². The van der Waals surface area contributed by atoms with Crippen LogP contribution in [-0.2, 0) is 6.42 Å². The molecule has 0 aliphatic rings. The number of nitrogens with one attached hydrogen (secondary N) is 2. The summed E-state index contributed by atoms with van der Waals surface area (Å²) in [7, 11) is 0. The van der Waals surface area contributed by atoms with Crippen LogP contribution in [0.25, 0.3) is 50.4 Å². The Kier molecular flexibility index (Phi) is 4.33. The fourth-order valence-electron chi connectivity index (χ4n) is 4.21. The molecule has 0 aliphatic carbocycles. The van der Waals surface area contributed by atoms with Gasteiger partial charge in [-0.1, -0.05) is 25.1 Å². The van der Waals surface area contributed by atoms with Gasteiger partial charge in [0.1, 0.15) is 11.2 Å². The molecule has 8 nitrogen and oxygen atoms in total. The van der Waals surface area contributed by atoms with Gasteiger partial charge in [-0.3, -0.25) is 10.1 Å². The standard InChI is InChI=1S/C25H22N8/c1-4-16-6-5-14(2)18(7-16)17-8-19-22(31-32-24(19)27-9-17)25-29-20-10-26-11-21(23(20)30-25)33-12-15(3)28-13-33/h5-13H,4H2,1-3H3,(H,29,30)(H,27,31,32). The second-order valence-electron chi connectivity index (χ2n) is 8.26. The van der Waals surface area contributed by atoms with Crippen molar-refractivity contribution in [3.05, 3.63) is 72.2 Å². The van der Waals surface area contributed by atoms with Gasteiger partial charge in [0.25, 0.3) is 0 Å². The number of nitrogens with zero attached hydrogens (tertiary/aromatic N) is 6. The maximum absolute atomic E-state index is 4.90. The average Bonchev–Trinajstić information content (AvgIpc) is 3.56. The topological polar surface area (TPSA) is 101 Å². The van der Waals surface area contributed by atoms with Crippen LogP contribution < -0.4 is 0 Å². The van der Waals surface area contributed by atoms with Gasteiger partial charge in [-0.15, -0.1) is 0 Å². The molecule has 162 valence electrons. The Hall–Kier alpha value is -4.33. The fourth-order valence-corrected chi connectivity index (χ4v) is 4.21. The predicted octanol–water partition coefficient (Wildman–Crippen LogP) is 4.93. The molecule has 0 unspecified atom stereocenters. The highest BCUT2D eigenvalue weighted by molar-refractivity contribution is 5.94. The van der Waals surface area contributed by atoms with Crippen LogP contribution in [0.4, 0.5) is 0 Å². The first kappa shape index (κ1) is 19.4. The number of imidazole rings is 2. The lowest BCUT2D eigenvalue weighted by Gasteiger charge is -2.08. The molecule has 0 fully saturated rings. The Morgan fingerprint density at radius 1 is 1.03 bits per heavy atom. The molecular weight excluding hydrogens is 412 g/mol. The third kappa shape index (κ3) is 3.18. The van der Waals surface area contributed by atoms with E-state index in [0.29, 0.717) is 11.5 Å². The number of pyridine rings is 2. The van der Waals surface area contributed by atoms with Crippen molar-refractivity contribution in [3.63, 3.8) is 0 Å². The Bertz CT molecular complexity index is 1640. The van der Waals surface area contributed by atoms with Crippen LogP contribution in [0.3, 0.4) is 0 Å². The molecular formula is C25H22N8. The van der Waals surface area contributed by atoms with E-state index < -0.39 is 0 Å². The molecule has 0 amide bonds. The van der Waals surface area contributed by atoms with Gasteiger partial charge < -0.3 is 9.55 Å². The molecule has 0 spiro atoms. The van der Waals surface area contributed by atoms with Crippen LogP contribution in [0.2, 0.25) is 0 Å². The largest absolute Gasteiger partial charge is 0.335 e. The zero-order valence-corrected chi connectivity index (χ0v) is 18.6. The van der Waals surface area contributed by atoms with Gasteiger partial charge in [-0.05, 0) is 43.0 Å². The molecule has 0 radical (unpaired) electrons. The van der Waals surface area contributed by atoms with Crippen molar-refractivity contribution in [1.29, 1.82) is 0 Å². The molecule has 5 aromatic heterocycles. The lowest BCUT2D eigenvalue weighted by atomic mass is 9.98. The van der Waals surface area contributed by atoms with E-state index in [1.54, 1.807) is 18.7 Å². The Balaban J connectivity index is 1.50. The van der Waals surface area contributed by atoms with Crippen molar-refractivity contribution < 1.29 is 0 Å². The number of fused-ring (bicyclic) bond motifs is 2. The maximum Gasteiger partial charge on any atom is 0.181 e. The quantitative estimate of drug-likeness (QED) is 0.410. The minimum Gasteiger partial charge on any atom is -0.335 e. The second-order valence-corrected chi connectivity index (χ2v) is 8.26. The van der Waals surface area contributed by atoms with Crippen LogP contribution in [0.5, 0.6) is 0 Å². The monoisotopic (exact) mass is 434 g/mol. The van der Waals surface area contributed by atoms with Gasteiger partial charge in [0.2, 0.25) is 0 Å². The first-order valence-corrected chi connectivity index (χ1v) is 10.9. The number of hydrogen-bond acceptors (Lipinski definition) is 5. The summed E-state index contributed by atoms with van der Waals surface area (Å²) >= 11 is 0. The number of benzene rings is 1. The van der Waals surface area contributed by atoms with Crippen molar-refractivity contribution in [2.24, 2.45) is 0 Å². The van der Waals surface area contributed by atoms with Gasteiger partial charge in [0.05, 0.1) is 41.0 Å². The first-order valence-electron chi connectivity index (χ1n) is 10.9. The molecule has 0 atom stereocenters. The van der Waals surface area contributed by atoms with E-state index in [1.807, 2.05) is 23.9 Å². The summed E-state index contributed by atoms with van der Waals surface area (Å²) in [5, 5.41) is 8.45. The highest BCUT2D eigenvalue weighted by Crippen LogP contribution is 2.31. The van der Waals surface area contributed by atoms with Crippen LogP contribution in [0.1, 0.15) is 23.7 Å². The fraction of sp³-hybridized carbons (Fsp3) is 0.160. The van der Waals surface area contributed by atoms with Crippen molar-refractivity contribution in [2.45, 2.75) is 27.2 Å². The summed E-state index contributed by atoms with van der Waals surface area (Å²) in [4.78, 5) is 21.6. The zero-order valence-electron chi connectivity index (χ0n) is 18.6. The SMILES string of the molecule is CCc1ccc(C)c(-c2cnc3n[nH]c(-c4nc5c(-n6cnc(C)c6)cncc5[nH]4)c3c2)c1. The van der Waals surface area contributed by atoms with E-state index in [9.17, 15) is 0 Å². The Morgan fingerprint density at radius 3 is 2.76 bits per heavy atom. The summed E-state index contributed by atoms with van der Waals surface area (Å²) < 4.78 is 1.93. The Labute approximate surface area is 189 Å². The predicted molar refractivity (Wildman–Crippen MR) is 128 cm³/mol. The number of aromatic amines is 2. The smallest absolute Gasteiger partial charge is 0.181 e. The molecule has 5 heterocycles. The van der Waals surface area contributed by atoms with Crippen LogP contribution in [0, 0.1) is 13.8 Å². The highest BCUT2D eigenvalue weighted by Gasteiger charge is 2.17. The molecule has 0 saturated carbocycles. The van der Waals surface area contributed by atoms with Crippen molar-refractivity contribution in [1.82, 2.24) is 39.7 Å². The molecule has 0 saturated heterocycles. The number of hydrogen-bond donors (Lipinski definition) is 2. The molecule has 0 bridgehead atoms. The highest BCUT2D eigenvalue weighted by atomic mass is 15.2. The summed E-state index contributed by atoms with van der Waals surface area (Å²) in [5.41, 5.74) is 9.67. The lowest BCUT2D eigenvalue weighted by molar-refractivity contribution is 1.05. The zero-order chi connectivity index (χ0) is 22.5. The van der Waals surface area contributed by atoms with E-state index in [1.165, 1.54) is 16.7 Å². The van der Waals surface area contributed by atoms with Gasteiger partial charge >= 0.3 is 0 Å². The molecule has 2 N–H and O–H groups in total. The number of H-pyrrole nitrogens is 2. The third-order valence-corrected chi connectivity index (χ3v) is 6.03. The summed E-state index contributed by atoms with van der Waals surface area (Å²) in [6, 6.07) is 8.72. The second kappa shape index (κ2) is 7.37. The average molecular weight is 435 g/mol. The molecule has 33 heavy (non-hydrogen) atoms. The van der Waals surface area contributed by atoms with E-state index >= 15 is 0 Å². The summed E-state index contributed by atoms with van der Waals surface area (Å²) in [6.45, 7) is 6.25. The van der Waals surface area contributed by atoms with E-state index in [2.05, 4.69) is 68.2 Å². The molecule has 8 heteroatoms. The molecule has 6 rings (SSSR count). The van der Waals surface area contributed by atoms with E-state index in [4.69, 9.17) is 4.98 Å². The lowest BCUT2D eigenvalue weighted by Crippen LogP contribution is -1.92. The number of aryl methyl sites for hydroxylation is 3. The molecule has 1 aromatic carbocycles. The van der Waals surface area contributed by atoms with Crippen LogP contribution in [-0.4, -0.2) is 39.7 Å². The molecule has 0 aliphatic heterocycles. The van der Waals surface area contributed by atoms with Crippen molar-refractivity contribution in [2.75, 3.05) is 0 Å². The number of rotatable bonds is 4. The maximum atomic E-state index is 4.90. The van der Waals surface area contributed by atoms with E-state index in [-0.39, 0.29) is 0 Å². The molecule has 6 aromatic rings. The Morgan fingerprint density at radius 2 is 1.94 bits per heavy atom. The summed E-state index contributed by atoms with van der Waals surface area (Å²) in [6.07, 6.45) is 10.2. The minimum atomic E-state index is 0.655. The summed E-state index contributed by atoms with van der Waals surface area (Å²) in [5.74, 6) is 0.691. The van der Waals surface area contributed by atoms with Gasteiger partial charge in [0, 0.05) is 18.0 Å². The number of aromatic nitrogens is 8. The normalized spacial score (nSPS) is 11.6. The van der Waals surface area contributed by atoms with Gasteiger partial charge in [-0.2, -0.15) is 5.10 Å². The minimum absolute atomic E-state index is 0.655. The van der Waals surface area contributed by atoms with Crippen molar-refractivity contribution >= 4 is 22.1 Å². The third-order valence-electron chi connectivity index (χ3n) is 6.03. The van der Waals surface area contributed by atoms with E-state index in [0.717, 1.165) is 45.5 Å². The van der Waals surface area contributed by atoms with Gasteiger partial charge in [-0.25, -0.2) is 15.0 Å². The van der Waals surface area contributed by atoms with Crippen LogP contribution in [0.15, 0.2) is 55.4 Å². The first-order chi connectivity index (χ1) is 16.1. The van der Waals surface area contributed by atoms with Crippen LogP contribution >= 0.6 is 0 Å². The van der Waals surface area contributed by atoms with Crippen molar-refractivity contribution in [3.8, 4) is 28.3 Å².